The van der Waals surface area contributed by atoms with Gasteiger partial charge < -0.3 is 0 Å². The van der Waals surface area contributed by atoms with Crippen molar-refractivity contribution < 1.29 is 0 Å². The lowest BCUT2D eigenvalue weighted by Crippen LogP contribution is -2.53. The van der Waals surface area contributed by atoms with Gasteiger partial charge in [-0.2, -0.15) is 5.26 Å². The van der Waals surface area contributed by atoms with E-state index in [-0.39, 0.29) is 5.54 Å². The Bertz CT molecular complexity index is 213. The van der Waals surface area contributed by atoms with Gasteiger partial charge in [0, 0.05) is 0 Å². The molecule has 0 aromatic rings. The predicted octanol–water partition coefficient (Wildman–Crippen LogP) is 0.901. The highest BCUT2D eigenvalue weighted by Gasteiger charge is 2.41. The maximum atomic E-state index is 8.80. The second-order valence-electron chi connectivity index (χ2n) is 3.27. The first kappa shape index (κ1) is 8.11. The van der Waals surface area contributed by atoms with Gasteiger partial charge in [0.15, 0.2) is 0 Å². The summed E-state index contributed by atoms with van der Waals surface area (Å²) in [6.45, 7) is 2.65. The number of nitrogens with one attached hydrogen (secondary N) is 1. The SMILES string of the molecule is C#CCNC1(C#N)CC(C)C1. The summed E-state index contributed by atoms with van der Waals surface area (Å²) < 4.78 is 0. The van der Waals surface area contributed by atoms with Gasteiger partial charge >= 0.3 is 0 Å². The van der Waals surface area contributed by atoms with Crippen molar-refractivity contribution in [1.29, 1.82) is 5.26 Å². The number of nitrogens with zero attached hydrogens (tertiary/aromatic N) is 1. The summed E-state index contributed by atoms with van der Waals surface area (Å²) in [5, 5.41) is 11.9. The molecule has 1 saturated carbocycles. The highest BCUT2D eigenvalue weighted by atomic mass is 15.0. The summed E-state index contributed by atoms with van der Waals surface area (Å²) in [6.07, 6.45) is 6.95. The number of nitriles is 1. The van der Waals surface area contributed by atoms with Gasteiger partial charge in [-0.05, 0) is 18.8 Å². The van der Waals surface area contributed by atoms with E-state index in [1.165, 1.54) is 0 Å². The third-order valence-corrected chi connectivity index (χ3v) is 2.14. The average Bonchev–Trinajstić information content (AvgIpc) is 1.96. The molecule has 1 fully saturated rings. The molecular weight excluding hydrogens is 136 g/mol. The Morgan fingerprint density at radius 1 is 1.73 bits per heavy atom. The summed E-state index contributed by atoms with van der Waals surface area (Å²) in [7, 11) is 0. The lowest BCUT2D eigenvalue weighted by molar-refractivity contribution is 0.179. The molecule has 1 aliphatic rings. The first-order valence-electron chi connectivity index (χ1n) is 3.82. The maximum Gasteiger partial charge on any atom is 0.108 e. The van der Waals surface area contributed by atoms with Gasteiger partial charge in [0.2, 0.25) is 0 Å². The van der Waals surface area contributed by atoms with Gasteiger partial charge in [-0.3, -0.25) is 5.32 Å². The third kappa shape index (κ3) is 1.53. The molecule has 0 atom stereocenters. The standard InChI is InChI=1S/C9H12N2/c1-3-4-11-9(7-10)5-8(2)6-9/h1,8,11H,4-6H2,2H3. The highest BCUT2D eigenvalue weighted by Crippen LogP contribution is 2.36. The fourth-order valence-electron chi connectivity index (χ4n) is 1.63. The fraction of sp³-hybridized carbons (Fsp3) is 0.667. The van der Waals surface area contributed by atoms with E-state index in [2.05, 4.69) is 24.2 Å². The van der Waals surface area contributed by atoms with Crippen LogP contribution in [0.2, 0.25) is 0 Å². The van der Waals surface area contributed by atoms with Crippen molar-refractivity contribution in [2.24, 2.45) is 5.92 Å². The quantitative estimate of drug-likeness (QED) is 0.591. The number of hydrogen-bond donors (Lipinski definition) is 1. The van der Waals surface area contributed by atoms with Gasteiger partial charge in [-0.1, -0.05) is 12.8 Å². The van der Waals surface area contributed by atoms with Crippen LogP contribution in [-0.2, 0) is 0 Å². The third-order valence-electron chi connectivity index (χ3n) is 2.14. The summed E-state index contributed by atoms with van der Waals surface area (Å²) in [5.41, 5.74) is -0.300. The summed E-state index contributed by atoms with van der Waals surface area (Å²) in [6, 6.07) is 2.27. The van der Waals surface area contributed by atoms with Crippen LogP contribution in [0.3, 0.4) is 0 Å². The van der Waals surface area contributed by atoms with E-state index in [0.717, 1.165) is 12.8 Å². The van der Waals surface area contributed by atoms with Crippen LogP contribution >= 0.6 is 0 Å². The van der Waals surface area contributed by atoms with E-state index in [1.54, 1.807) is 0 Å². The van der Waals surface area contributed by atoms with Crippen LogP contribution in [0.4, 0.5) is 0 Å². The van der Waals surface area contributed by atoms with Gasteiger partial charge in [0.1, 0.15) is 5.54 Å². The molecule has 0 radical (unpaired) electrons. The molecule has 0 unspecified atom stereocenters. The molecular formula is C9H12N2. The first-order chi connectivity index (χ1) is 5.22. The van der Waals surface area contributed by atoms with E-state index in [0.29, 0.717) is 12.5 Å². The predicted molar refractivity (Wildman–Crippen MR) is 43.6 cm³/mol. The molecule has 0 aliphatic heterocycles. The Balaban J connectivity index is 2.41. The molecule has 0 heterocycles. The maximum absolute atomic E-state index is 8.80. The Morgan fingerprint density at radius 2 is 2.36 bits per heavy atom. The van der Waals surface area contributed by atoms with Crippen molar-refractivity contribution in [3.05, 3.63) is 0 Å². The van der Waals surface area contributed by atoms with E-state index in [4.69, 9.17) is 11.7 Å². The average molecular weight is 148 g/mol. The van der Waals surface area contributed by atoms with Gasteiger partial charge in [0.05, 0.1) is 12.6 Å². The molecule has 58 valence electrons. The molecule has 0 bridgehead atoms. The van der Waals surface area contributed by atoms with E-state index < -0.39 is 0 Å². The van der Waals surface area contributed by atoms with E-state index >= 15 is 0 Å². The minimum Gasteiger partial charge on any atom is -0.288 e. The van der Waals surface area contributed by atoms with Crippen molar-refractivity contribution in [3.8, 4) is 18.4 Å². The molecule has 0 spiro atoms. The lowest BCUT2D eigenvalue weighted by Gasteiger charge is -2.41. The molecule has 11 heavy (non-hydrogen) atoms. The normalized spacial score (nSPS) is 35.0. The van der Waals surface area contributed by atoms with Crippen molar-refractivity contribution in [2.75, 3.05) is 6.54 Å². The fourth-order valence-corrected chi connectivity index (χ4v) is 1.63. The Hall–Kier alpha value is -0.990. The molecule has 0 aromatic heterocycles. The van der Waals surface area contributed by atoms with Crippen molar-refractivity contribution in [3.63, 3.8) is 0 Å². The minimum absolute atomic E-state index is 0.300. The zero-order chi connectivity index (χ0) is 8.32. The van der Waals surface area contributed by atoms with Crippen LogP contribution in [0, 0.1) is 29.6 Å². The second-order valence-corrected chi connectivity index (χ2v) is 3.27. The van der Waals surface area contributed by atoms with E-state index in [1.807, 2.05) is 0 Å². The molecule has 1 aliphatic carbocycles. The van der Waals surface area contributed by atoms with Gasteiger partial charge in [-0.25, -0.2) is 0 Å². The van der Waals surface area contributed by atoms with Crippen LogP contribution in [0.25, 0.3) is 0 Å². The van der Waals surface area contributed by atoms with Gasteiger partial charge in [-0.15, -0.1) is 6.42 Å². The van der Waals surface area contributed by atoms with E-state index in [9.17, 15) is 0 Å². The second kappa shape index (κ2) is 2.95. The van der Waals surface area contributed by atoms with Crippen LogP contribution < -0.4 is 5.32 Å². The Kier molecular flexibility index (Phi) is 2.17. The minimum atomic E-state index is -0.300. The van der Waals surface area contributed by atoms with Crippen molar-refractivity contribution in [2.45, 2.75) is 25.3 Å². The molecule has 1 rings (SSSR count). The monoisotopic (exact) mass is 148 g/mol. The smallest absolute Gasteiger partial charge is 0.108 e. The molecule has 2 heteroatoms. The highest BCUT2D eigenvalue weighted by molar-refractivity contribution is 5.15. The number of rotatable bonds is 2. The zero-order valence-corrected chi connectivity index (χ0v) is 6.72. The Labute approximate surface area is 67.6 Å². The van der Waals surface area contributed by atoms with Crippen LogP contribution in [0.15, 0.2) is 0 Å². The van der Waals surface area contributed by atoms with Crippen LogP contribution in [0.1, 0.15) is 19.8 Å². The topological polar surface area (TPSA) is 35.8 Å². The van der Waals surface area contributed by atoms with Crippen molar-refractivity contribution in [1.82, 2.24) is 5.32 Å². The van der Waals surface area contributed by atoms with Crippen LogP contribution in [-0.4, -0.2) is 12.1 Å². The lowest BCUT2D eigenvalue weighted by atomic mass is 9.70. The molecule has 0 saturated heterocycles. The first-order valence-corrected chi connectivity index (χ1v) is 3.82. The van der Waals surface area contributed by atoms with Crippen molar-refractivity contribution >= 4 is 0 Å². The summed E-state index contributed by atoms with van der Waals surface area (Å²) >= 11 is 0. The molecule has 0 amide bonds. The van der Waals surface area contributed by atoms with Gasteiger partial charge in [0.25, 0.3) is 0 Å². The molecule has 0 aromatic carbocycles. The largest absolute Gasteiger partial charge is 0.288 e. The molecule has 1 N–H and O–H groups in total. The number of terminal acetylenes is 1. The summed E-state index contributed by atoms with van der Waals surface area (Å²) in [4.78, 5) is 0. The molecule has 2 nitrogen and oxygen atoms in total. The Morgan fingerprint density at radius 3 is 2.73 bits per heavy atom. The summed E-state index contributed by atoms with van der Waals surface area (Å²) in [5.74, 6) is 3.15. The zero-order valence-electron chi connectivity index (χ0n) is 6.72. The number of hydrogen-bond acceptors (Lipinski definition) is 2. The van der Waals surface area contributed by atoms with Crippen LogP contribution in [0.5, 0.6) is 0 Å².